The molecule has 0 aromatic carbocycles. The third-order valence-electron chi connectivity index (χ3n) is 0.289. The Morgan fingerprint density at radius 1 is 1.20 bits per heavy atom. The van der Waals surface area contributed by atoms with E-state index < -0.39 is 15.2 Å². The predicted octanol–water partition coefficient (Wildman–Crippen LogP) is 3.11. The minimum atomic E-state index is -3.39. The van der Waals surface area contributed by atoms with Crippen LogP contribution in [-0.2, 0) is 37.0 Å². The van der Waals surface area contributed by atoms with Crippen LogP contribution in [0.5, 0.6) is 0 Å². The third kappa shape index (κ3) is 73.5. The first-order chi connectivity index (χ1) is 3.91. The Morgan fingerprint density at radius 2 is 1.30 bits per heavy atom. The summed E-state index contributed by atoms with van der Waals surface area (Å²) in [7, 11) is 20.2. The zero-order valence-corrected chi connectivity index (χ0v) is 13.7. The molecular weight excluding hydrogens is 418 g/mol. The van der Waals surface area contributed by atoms with Gasteiger partial charge in [0.2, 0.25) is 0 Å². The van der Waals surface area contributed by atoms with Crippen molar-refractivity contribution >= 4 is 34.3 Å². The van der Waals surface area contributed by atoms with Gasteiger partial charge in [-0.2, -0.15) is 0 Å². The fourth-order valence-corrected chi connectivity index (χ4v) is 0. The molecule has 0 aliphatic rings. The van der Waals surface area contributed by atoms with Gasteiger partial charge in [0, 0.05) is 21.7 Å². The predicted molar refractivity (Wildman–Crippen MR) is 42.8 cm³/mol. The Bertz CT molecular complexity index is 51.0. The number of rotatable bonds is 1. The Labute approximate surface area is 95.4 Å². The van der Waals surface area contributed by atoms with Gasteiger partial charge in [0.05, 0.1) is 0 Å². The molecule has 0 aromatic heterocycles. The van der Waals surface area contributed by atoms with Gasteiger partial charge in [-0.05, 0) is 13.0 Å². The molecule has 0 heterocycles. The Balaban J connectivity index is -0.0000000910. The molecule has 2 N–H and O–H groups in total. The number of hydrogen-bond acceptors (Lipinski definition) is 1. The SMILES string of the molecule is CCCN.[Cl][Hf]([Cl])([Cl])[Cl].[Ti]. The van der Waals surface area contributed by atoms with Crippen molar-refractivity contribution in [1.29, 1.82) is 0 Å². The molecule has 0 amide bonds. The fourth-order valence-electron chi connectivity index (χ4n) is 0. The van der Waals surface area contributed by atoms with E-state index in [0.717, 1.165) is 13.0 Å². The first-order valence-corrected chi connectivity index (χ1v) is 20.2. The molecule has 0 aliphatic heterocycles. The molecule has 0 saturated heterocycles. The van der Waals surface area contributed by atoms with Crippen LogP contribution in [0.25, 0.3) is 0 Å². The van der Waals surface area contributed by atoms with Crippen LogP contribution >= 0.6 is 34.3 Å². The Kier molecular flexibility index (Phi) is 21.6. The van der Waals surface area contributed by atoms with Gasteiger partial charge in [-0.15, -0.1) is 0 Å². The summed E-state index contributed by atoms with van der Waals surface area (Å²) in [4.78, 5) is 0. The van der Waals surface area contributed by atoms with Crippen LogP contribution in [0.15, 0.2) is 0 Å². The van der Waals surface area contributed by atoms with Crippen LogP contribution in [0.4, 0.5) is 0 Å². The summed E-state index contributed by atoms with van der Waals surface area (Å²) in [6, 6.07) is 0. The van der Waals surface area contributed by atoms with E-state index in [4.69, 9.17) is 40.0 Å². The smallest absolute Gasteiger partial charge is 0 e. The van der Waals surface area contributed by atoms with E-state index in [1.54, 1.807) is 0 Å². The molecule has 0 atom stereocenters. The third-order valence-corrected chi connectivity index (χ3v) is 0.289. The average molecular weight is 427 g/mol. The van der Waals surface area contributed by atoms with E-state index in [0.29, 0.717) is 0 Å². The molecule has 62 valence electrons. The molecule has 0 rings (SSSR count). The second kappa shape index (κ2) is 11.7. The topological polar surface area (TPSA) is 26.0 Å². The monoisotopic (exact) mass is 427 g/mol. The largest absolute Gasteiger partial charge is 0 e. The molecule has 0 aromatic rings. The first kappa shape index (κ1) is 18.5. The first-order valence-electron chi connectivity index (χ1n) is 2.37. The van der Waals surface area contributed by atoms with Gasteiger partial charge in [-0.1, -0.05) is 6.92 Å². The van der Waals surface area contributed by atoms with Crippen molar-refractivity contribution < 1.29 is 37.0 Å². The molecule has 0 spiro atoms. The van der Waals surface area contributed by atoms with Crippen molar-refractivity contribution in [3.05, 3.63) is 0 Å². The quantitative estimate of drug-likeness (QED) is 0.640. The molecule has 7 heteroatoms. The molecule has 0 fully saturated rings. The van der Waals surface area contributed by atoms with E-state index in [9.17, 15) is 0 Å². The summed E-state index contributed by atoms with van der Waals surface area (Å²) >= 11 is -3.39. The zero-order valence-electron chi connectivity index (χ0n) is 5.50. The molecule has 0 saturated carbocycles. The average Bonchev–Trinajstić information content (AvgIpc) is 1.61. The zero-order chi connectivity index (χ0) is 7.91. The van der Waals surface area contributed by atoms with E-state index in [1.165, 1.54) is 0 Å². The van der Waals surface area contributed by atoms with Crippen molar-refractivity contribution in [1.82, 2.24) is 0 Å². The summed E-state index contributed by atoms with van der Waals surface area (Å²) in [5, 5.41) is 0. The van der Waals surface area contributed by atoms with Gasteiger partial charge >= 0.3 is 49.5 Å². The van der Waals surface area contributed by atoms with Gasteiger partial charge in [0.1, 0.15) is 0 Å². The molecular formula is C3H9Cl4HfNTi. The maximum absolute atomic E-state index is 5.05. The van der Waals surface area contributed by atoms with Crippen LogP contribution in [0.3, 0.4) is 0 Å². The summed E-state index contributed by atoms with van der Waals surface area (Å²) < 4.78 is 0. The van der Waals surface area contributed by atoms with E-state index >= 15 is 0 Å². The maximum atomic E-state index is 5.05. The van der Waals surface area contributed by atoms with Gasteiger partial charge in [0.25, 0.3) is 0 Å². The van der Waals surface area contributed by atoms with Gasteiger partial charge in [0.15, 0.2) is 0 Å². The van der Waals surface area contributed by atoms with Gasteiger partial charge in [-0.3, -0.25) is 0 Å². The number of nitrogens with two attached hydrogens (primary N) is 1. The minimum Gasteiger partial charge on any atom is 0 e. The van der Waals surface area contributed by atoms with E-state index in [2.05, 4.69) is 6.92 Å². The van der Waals surface area contributed by atoms with Crippen molar-refractivity contribution in [2.75, 3.05) is 6.54 Å². The normalized spacial score (nSPS) is 9.00. The molecule has 0 bridgehead atoms. The van der Waals surface area contributed by atoms with Gasteiger partial charge < -0.3 is 5.73 Å². The Morgan fingerprint density at radius 3 is 1.30 bits per heavy atom. The summed E-state index contributed by atoms with van der Waals surface area (Å²) in [6.45, 7) is 2.88. The second-order valence-corrected chi connectivity index (χ2v) is 32.4. The van der Waals surface area contributed by atoms with E-state index in [1.807, 2.05) is 0 Å². The molecule has 0 unspecified atom stereocenters. The van der Waals surface area contributed by atoms with Crippen molar-refractivity contribution in [2.24, 2.45) is 5.73 Å². The van der Waals surface area contributed by atoms with E-state index in [-0.39, 0.29) is 21.7 Å². The molecule has 10 heavy (non-hydrogen) atoms. The number of hydrogen-bond donors (Lipinski definition) is 1. The van der Waals surface area contributed by atoms with Crippen molar-refractivity contribution in [3.63, 3.8) is 0 Å². The van der Waals surface area contributed by atoms with Crippen LogP contribution in [0.2, 0.25) is 0 Å². The summed E-state index contributed by atoms with van der Waals surface area (Å²) in [5.74, 6) is 0. The van der Waals surface area contributed by atoms with Crippen LogP contribution in [0, 0.1) is 0 Å². The van der Waals surface area contributed by atoms with Crippen LogP contribution < -0.4 is 5.73 Å². The minimum absolute atomic E-state index is 0. The second-order valence-electron chi connectivity index (χ2n) is 1.22. The molecule has 1 nitrogen and oxygen atoms in total. The summed E-state index contributed by atoms with van der Waals surface area (Å²) in [6.07, 6.45) is 1.10. The molecule has 0 radical (unpaired) electrons. The standard InChI is InChI=1S/C3H9N.4ClH.Hf.Ti/c1-2-3-4;;;;;;/h2-4H2,1H3;4*1H;;/q;;;;;+4;/p-4. The van der Waals surface area contributed by atoms with Crippen LogP contribution in [0.1, 0.15) is 13.3 Å². The fraction of sp³-hybridized carbons (Fsp3) is 1.00. The van der Waals surface area contributed by atoms with Gasteiger partial charge in [-0.25, -0.2) is 0 Å². The Hall–Kier alpha value is 2.70. The van der Waals surface area contributed by atoms with Crippen molar-refractivity contribution in [3.8, 4) is 0 Å². The number of halogens is 4. The van der Waals surface area contributed by atoms with Crippen LogP contribution in [-0.4, -0.2) is 6.54 Å². The summed E-state index contributed by atoms with van der Waals surface area (Å²) in [5.41, 5.74) is 5.03. The molecule has 0 aliphatic carbocycles. The van der Waals surface area contributed by atoms with Crippen molar-refractivity contribution in [2.45, 2.75) is 13.3 Å². The maximum Gasteiger partial charge on any atom is 0 e.